The Bertz CT molecular complexity index is 778. The van der Waals surface area contributed by atoms with Gasteiger partial charge in [-0.15, -0.1) is 0 Å². The van der Waals surface area contributed by atoms with Crippen molar-refractivity contribution < 1.29 is 17.5 Å². The molecule has 0 aliphatic heterocycles. The van der Waals surface area contributed by atoms with Crippen LogP contribution in [0.1, 0.15) is 5.56 Å². The van der Waals surface area contributed by atoms with Gasteiger partial charge in [0, 0.05) is 4.47 Å². The maximum Gasteiger partial charge on any atom is 0.184 e. The highest BCUT2D eigenvalue weighted by molar-refractivity contribution is 9.10. The second kappa shape index (κ2) is 6.03. The Kier molecular flexibility index (Phi) is 4.53. The zero-order valence-electron chi connectivity index (χ0n) is 11.1. The third kappa shape index (κ3) is 3.54. The van der Waals surface area contributed by atoms with Crippen molar-refractivity contribution in [3.05, 3.63) is 52.3 Å². The third-order valence-electron chi connectivity index (χ3n) is 2.88. The molecule has 0 saturated carbocycles. The van der Waals surface area contributed by atoms with Gasteiger partial charge in [-0.05, 0) is 35.9 Å². The van der Waals surface area contributed by atoms with Crippen molar-refractivity contribution >= 4 is 31.5 Å². The first-order valence-corrected chi connectivity index (χ1v) is 8.38. The van der Waals surface area contributed by atoms with E-state index in [-0.39, 0.29) is 22.1 Å². The molecule has 2 aromatic rings. The molecule has 0 aliphatic carbocycles. The number of methoxy groups -OCH3 is 1. The lowest BCUT2D eigenvalue weighted by atomic mass is 10.2. The Morgan fingerprint density at radius 3 is 2.52 bits per heavy atom. The highest BCUT2D eigenvalue weighted by Crippen LogP contribution is 2.27. The number of hydrogen-bond acceptors (Lipinski definition) is 4. The number of rotatable bonds is 4. The molecule has 112 valence electrons. The fourth-order valence-corrected chi connectivity index (χ4v) is 3.75. The molecule has 0 spiro atoms. The Balaban J connectivity index is 2.35. The summed E-state index contributed by atoms with van der Waals surface area (Å²) in [6.07, 6.45) is 0. The van der Waals surface area contributed by atoms with Crippen LogP contribution < -0.4 is 10.5 Å². The maximum atomic E-state index is 13.6. The molecule has 2 rings (SSSR count). The van der Waals surface area contributed by atoms with Crippen molar-refractivity contribution in [3.8, 4) is 5.75 Å². The van der Waals surface area contributed by atoms with Crippen LogP contribution in [-0.4, -0.2) is 15.5 Å². The summed E-state index contributed by atoms with van der Waals surface area (Å²) in [5, 5.41) is 0. The molecule has 2 aromatic carbocycles. The standard InChI is InChI=1S/C14H13BrFNO3S/c1-20-13-4-2-9(6-11(13)16)8-21(18,19)14-5-3-10(15)7-12(14)17/h2-7H,8,17H2,1H3. The fraction of sp³-hybridized carbons (Fsp3) is 0.143. The van der Waals surface area contributed by atoms with E-state index in [4.69, 9.17) is 10.5 Å². The molecule has 21 heavy (non-hydrogen) atoms. The van der Waals surface area contributed by atoms with Crippen LogP contribution in [0.4, 0.5) is 10.1 Å². The largest absolute Gasteiger partial charge is 0.494 e. The number of nitrogen functional groups attached to an aromatic ring is 1. The van der Waals surface area contributed by atoms with Crippen LogP contribution >= 0.6 is 15.9 Å². The third-order valence-corrected chi connectivity index (χ3v) is 5.13. The van der Waals surface area contributed by atoms with E-state index >= 15 is 0 Å². The summed E-state index contributed by atoms with van der Waals surface area (Å²) in [5.41, 5.74) is 6.21. The molecule has 0 saturated heterocycles. The molecule has 0 amide bonds. The van der Waals surface area contributed by atoms with Crippen LogP contribution in [0.25, 0.3) is 0 Å². The first-order chi connectivity index (χ1) is 9.83. The van der Waals surface area contributed by atoms with Gasteiger partial charge in [-0.3, -0.25) is 0 Å². The SMILES string of the molecule is COc1ccc(CS(=O)(=O)c2ccc(Br)cc2N)cc1F. The zero-order chi connectivity index (χ0) is 15.6. The van der Waals surface area contributed by atoms with Gasteiger partial charge in [0.2, 0.25) is 0 Å². The van der Waals surface area contributed by atoms with E-state index in [0.29, 0.717) is 10.0 Å². The molecule has 7 heteroatoms. The van der Waals surface area contributed by atoms with Gasteiger partial charge in [-0.25, -0.2) is 12.8 Å². The number of hydrogen-bond donors (Lipinski definition) is 1. The fourth-order valence-electron chi connectivity index (χ4n) is 1.90. The van der Waals surface area contributed by atoms with E-state index in [0.717, 1.165) is 6.07 Å². The highest BCUT2D eigenvalue weighted by atomic mass is 79.9. The lowest BCUT2D eigenvalue weighted by molar-refractivity contribution is 0.386. The summed E-state index contributed by atoms with van der Waals surface area (Å²) in [6.45, 7) is 0. The van der Waals surface area contributed by atoms with Crippen LogP contribution in [0.5, 0.6) is 5.75 Å². The van der Waals surface area contributed by atoms with Crippen LogP contribution in [0.2, 0.25) is 0 Å². The van der Waals surface area contributed by atoms with E-state index in [1.165, 1.54) is 31.4 Å². The predicted octanol–water partition coefficient (Wildman–Crippen LogP) is 3.15. The summed E-state index contributed by atoms with van der Waals surface area (Å²) >= 11 is 3.22. The van der Waals surface area contributed by atoms with E-state index < -0.39 is 15.7 Å². The molecule has 0 bridgehead atoms. The maximum absolute atomic E-state index is 13.6. The second-order valence-corrected chi connectivity index (χ2v) is 7.28. The molecule has 0 aliphatic rings. The molecule has 0 atom stereocenters. The summed E-state index contributed by atoms with van der Waals surface area (Å²) in [4.78, 5) is 0.0296. The van der Waals surface area contributed by atoms with Gasteiger partial charge in [0.15, 0.2) is 21.4 Å². The average Bonchev–Trinajstić information content (AvgIpc) is 2.37. The molecule has 0 unspecified atom stereocenters. The highest BCUT2D eigenvalue weighted by Gasteiger charge is 2.19. The Hall–Kier alpha value is -1.60. The van der Waals surface area contributed by atoms with E-state index in [1.54, 1.807) is 6.07 Å². The number of sulfone groups is 1. The molecule has 0 radical (unpaired) electrons. The molecular formula is C14H13BrFNO3S. The van der Waals surface area contributed by atoms with Crippen LogP contribution in [0.15, 0.2) is 45.8 Å². The van der Waals surface area contributed by atoms with Gasteiger partial charge < -0.3 is 10.5 Å². The van der Waals surface area contributed by atoms with E-state index in [9.17, 15) is 12.8 Å². The number of halogens is 2. The van der Waals surface area contributed by atoms with Crippen molar-refractivity contribution in [2.24, 2.45) is 0 Å². The van der Waals surface area contributed by atoms with E-state index in [2.05, 4.69) is 15.9 Å². The Morgan fingerprint density at radius 2 is 1.95 bits per heavy atom. The van der Waals surface area contributed by atoms with Gasteiger partial charge >= 0.3 is 0 Å². The number of ether oxygens (including phenoxy) is 1. The topological polar surface area (TPSA) is 69.4 Å². The van der Waals surface area contributed by atoms with Gasteiger partial charge in [0.05, 0.1) is 23.4 Å². The molecule has 4 nitrogen and oxygen atoms in total. The summed E-state index contributed by atoms with van der Waals surface area (Å²) in [5.74, 6) is -0.868. The number of nitrogens with two attached hydrogens (primary N) is 1. The lowest BCUT2D eigenvalue weighted by Gasteiger charge is -2.09. The van der Waals surface area contributed by atoms with E-state index in [1.807, 2.05) is 0 Å². The number of anilines is 1. The van der Waals surface area contributed by atoms with Crippen molar-refractivity contribution in [2.75, 3.05) is 12.8 Å². The van der Waals surface area contributed by atoms with Crippen molar-refractivity contribution in [1.29, 1.82) is 0 Å². The first-order valence-electron chi connectivity index (χ1n) is 5.93. The molecule has 2 N–H and O–H groups in total. The van der Waals surface area contributed by atoms with Crippen LogP contribution in [0, 0.1) is 5.82 Å². The van der Waals surface area contributed by atoms with Gasteiger partial charge in [0.25, 0.3) is 0 Å². The molecule has 0 aromatic heterocycles. The van der Waals surface area contributed by atoms with Crippen LogP contribution in [0.3, 0.4) is 0 Å². The van der Waals surface area contributed by atoms with Crippen LogP contribution in [-0.2, 0) is 15.6 Å². The smallest absolute Gasteiger partial charge is 0.184 e. The summed E-state index contributed by atoms with van der Waals surface area (Å²) in [6, 6.07) is 8.58. The second-order valence-electron chi connectivity index (χ2n) is 4.41. The summed E-state index contributed by atoms with van der Waals surface area (Å²) < 4.78 is 43.8. The first kappa shape index (κ1) is 15.8. The minimum absolute atomic E-state index is 0.0296. The van der Waals surface area contributed by atoms with Gasteiger partial charge in [-0.2, -0.15) is 0 Å². The molecular weight excluding hydrogens is 361 g/mol. The lowest BCUT2D eigenvalue weighted by Crippen LogP contribution is -2.08. The number of benzene rings is 2. The van der Waals surface area contributed by atoms with Gasteiger partial charge in [-0.1, -0.05) is 22.0 Å². The predicted molar refractivity (Wildman–Crippen MR) is 82.4 cm³/mol. The minimum Gasteiger partial charge on any atom is -0.494 e. The average molecular weight is 374 g/mol. The Labute approximate surface area is 130 Å². The van der Waals surface area contributed by atoms with Gasteiger partial charge in [0.1, 0.15) is 0 Å². The van der Waals surface area contributed by atoms with Crippen molar-refractivity contribution in [2.45, 2.75) is 10.6 Å². The molecule has 0 heterocycles. The minimum atomic E-state index is -3.65. The monoisotopic (exact) mass is 373 g/mol. The summed E-state index contributed by atoms with van der Waals surface area (Å²) in [7, 11) is -2.31. The quantitative estimate of drug-likeness (QED) is 0.835. The van der Waals surface area contributed by atoms with Crippen molar-refractivity contribution in [3.63, 3.8) is 0 Å². The zero-order valence-corrected chi connectivity index (χ0v) is 13.5. The molecule has 0 fully saturated rings. The Morgan fingerprint density at radius 1 is 1.24 bits per heavy atom. The van der Waals surface area contributed by atoms with Crippen molar-refractivity contribution in [1.82, 2.24) is 0 Å². The normalized spacial score (nSPS) is 11.4.